The molecule has 0 heterocycles. The minimum Gasteiger partial charge on any atom is -0.384 e. The molecule has 1 saturated carbocycles. The second-order valence-electron chi connectivity index (χ2n) is 5.48. The van der Waals surface area contributed by atoms with Crippen LogP contribution < -0.4 is 5.32 Å². The van der Waals surface area contributed by atoms with E-state index >= 15 is 0 Å². The van der Waals surface area contributed by atoms with Gasteiger partial charge in [-0.1, -0.05) is 37.8 Å². The second-order valence-corrected chi connectivity index (χ2v) is 5.89. The van der Waals surface area contributed by atoms with Crippen molar-refractivity contribution in [2.45, 2.75) is 39.0 Å². The van der Waals surface area contributed by atoms with E-state index in [0.717, 1.165) is 24.1 Å². The molecule has 0 saturated heterocycles. The zero-order valence-electron chi connectivity index (χ0n) is 11.5. The first kappa shape index (κ1) is 14.2. The Balaban J connectivity index is 1.85. The molecule has 0 radical (unpaired) electrons. The molecule has 1 aromatic carbocycles. The summed E-state index contributed by atoms with van der Waals surface area (Å²) in [5, 5.41) is 12.9. The predicted octanol–water partition coefficient (Wildman–Crippen LogP) is 4.84. The summed E-state index contributed by atoms with van der Waals surface area (Å²) in [5.74, 6) is 1.70. The number of rotatable bonds is 4. The van der Waals surface area contributed by atoms with Crippen molar-refractivity contribution >= 4 is 17.3 Å². The van der Waals surface area contributed by atoms with Crippen molar-refractivity contribution < 1.29 is 0 Å². The molecule has 3 heteroatoms. The maximum absolute atomic E-state index is 8.81. The van der Waals surface area contributed by atoms with Gasteiger partial charge in [-0.25, -0.2) is 0 Å². The highest BCUT2D eigenvalue weighted by Gasteiger charge is 2.19. The van der Waals surface area contributed by atoms with E-state index in [2.05, 4.69) is 18.3 Å². The molecule has 0 aliphatic heterocycles. The summed E-state index contributed by atoms with van der Waals surface area (Å²) in [6, 6.07) is 7.53. The van der Waals surface area contributed by atoms with Crippen LogP contribution in [0.1, 0.15) is 44.6 Å². The molecule has 1 aromatic rings. The quantitative estimate of drug-likeness (QED) is 0.854. The number of halogens is 1. The van der Waals surface area contributed by atoms with Gasteiger partial charge in [-0.2, -0.15) is 5.26 Å². The third-order valence-corrected chi connectivity index (χ3v) is 4.54. The van der Waals surface area contributed by atoms with Crippen molar-refractivity contribution in [3.05, 3.63) is 28.8 Å². The molecule has 1 aliphatic carbocycles. The minimum absolute atomic E-state index is 0.610. The van der Waals surface area contributed by atoms with Gasteiger partial charge in [0.1, 0.15) is 0 Å². The number of hydrogen-bond donors (Lipinski definition) is 1. The van der Waals surface area contributed by atoms with Gasteiger partial charge in [-0.15, -0.1) is 0 Å². The lowest BCUT2D eigenvalue weighted by molar-refractivity contribution is 0.278. The third kappa shape index (κ3) is 3.88. The molecule has 0 bridgehead atoms. The molecular formula is C16H21ClN2. The fourth-order valence-electron chi connectivity index (χ4n) is 2.83. The number of nitrogens with one attached hydrogen (secondary N) is 1. The summed E-state index contributed by atoms with van der Waals surface area (Å²) in [6.07, 6.45) is 6.69. The van der Waals surface area contributed by atoms with Crippen molar-refractivity contribution in [1.82, 2.24) is 0 Å². The molecule has 0 amide bonds. The van der Waals surface area contributed by atoms with Crippen LogP contribution in [0.5, 0.6) is 0 Å². The average Bonchev–Trinajstić information content (AvgIpc) is 2.46. The van der Waals surface area contributed by atoms with E-state index in [1.165, 1.54) is 32.1 Å². The average molecular weight is 277 g/mol. The Morgan fingerprint density at radius 2 is 1.95 bits per heavy atom. The smallest absolute Gasteiger partial charge is 0.0992 e. The van der Waals surface area contributed by atoms with Gasteiger partial charge in [0.25, 0.3) is 0 Å². The van der Waals surface area contributed by atoms with Crippen LogP contribution in [0.15, 0.2) is 18.2 Å². The normalized spacial score (nSPS) is 22.8. The molecule has 1 N–H and O–H groups in total. The highest BCUT2D eigenvalue weighted by Crippen LogP contribution is 2.31. The van der Waals surface area contributed by atoms with E-state index in [1.807, 2.05) is 12.1 Å². The monoisotopic (exact) mass is 276 g/mol. The van der Waals surface area contributed by atoms with Gasteiger partial charge in [-0.05, 0) is 42.9 Å². The molecule has 0 aromatic heterocycles. The van der Waals surface area contributed by atoms with Crippen molar-refractivity contribution in [3.8, 4) is 6.07 Å². The third-order valence-electron chi connectivity index (χ3n) is 4.22. The summed E-state index contributed by atoms with van der Waals surface area (Å²) >= 11 is 6.16. The van der Waals surface area contributed by atoms with Crippen LogP contribution in [0.4, 0.5) is 5.69 Å². The molecule has 102 valence electrons. The lowest BCUT2D eigenvalue weighted by Gasteiger charge is -2.28. The maximum atomic E-state index is 8.81. The standard InChI is InChI=1S/C16H21ClN2/c1-2-12-3-5-13(6-4-12)11-19-16-8-7-14(10-18)9-15(16)17/h7-9,12-13,19H,2-6,11H2,1H3. The van der Waals surface area contributed by atoms with E-state index < -0.39 is 0 Å². The van der Waals surface area contributed by atoms with Gasteiger partial charge >= 0.3 is 0 Å². The Kier molecular flexibility index (Phi) is 5.10. The number of benzene rings is 1. The fraction of sp³-hybridized carbons (Fsp3) is 0.562. The van der Waals surface area contributed by atoms with E-state index in [-0.39, 0.29) is 0 Å². The first-order valence-corrected chi connectivity index (χ1v) is 7.54. The van der Waals surface area contributed by atoms with E-state index in [0.29, 0.717) is 10.6 Å². The molecule has 0 unspecified atom stereocenters. The van der Waals surface area contributed by atoms with Crippen molar-refractivity contribution in [2.75, 3.05) is 11.9 Å². The summed E-state index contributed by atoms with van der Waals surface area (Å²) in [6.45, 7) is 3.28. The highest BCUT2D eigenvalue weighted by molar-refractivity contribution is 6.33. The fourth-order valence-corrected chi connectivity index (χ4v) is 3.07. The Morgan fingerprint density at radius 3 is 2.53 bits per heavy atom. The summed E-state index contributed by atoms with van der Waals surface area (Å²) in [7, 11) is 0. The molecule has 0 spiro atoms. The molecule has 19 heavy (non-hydrogen) atoms. The van der Waals surface area contributed by atoms with Gasteiger partial charge in [-0.3, -0.25) is 0 Å². The summed E-state index contributed by atoms with van der Waals surface area (Å²) in [5.41, 5.74) is 1.55. The zero-order chi connectivity index (χ0) is 13.7. The Labute approximate surface area is 120 Å². The Hall–Kier alpha value is -1.20. The van der Waals surface area contributed by atoms with Crippen LogP contribution in [-0.4, -0.2) is 6.54 Å². The van der Waals surface area contributed by atoms with Gasteiger partial charge in [0.2, 0.25) is 0 Å². The number of anilines is 1. The zero-order valence-corrected chi connectivity index (χ0v) is 12.2. The SMILES string of the molecule is CCC1CCC(CNc2ccc(C#N)cc2Cl)CC1. The van der Waals surface area contributed by atoms with Crippen LogP contribution in [0.2, 0.25) is 5.02 Å². The topological polar surface area (TPSA) is 35.8 Å². The highest BCUT2D eigenvalue weighted by atomic mass is 35.5. The van der Waals surface area contributed by atoms with Crippen LogP contribution in [-0.2, 0) is 0 Å². The first-order valence-electron chi connectivity index (χ1n) is 7.16. The van der Waals surface area contributed by atoms with E-state index in [9.17, 15) is 0 Å². The number of hydrogen-bond acceptors (Lipinski definition) is 2. The largest absolute Gasteiger partial charge is 0.384 e. The maximum Gasteiger partial charge on any atom is 0.0992 e. The van der Waals surface area contributed by atoms with Crippen molar-refractivity contribution in [1.29, 1.82) is 5.26 Å². The van der Waals surface area contributed by atoms with E-state index in [4.69, 9.17) is 16.9 Å². The van der Waals surface area contributed by atoms with E-state index in [1.54, 1.807) is 6.07 Å². The molecule has 2 rings (SSSR count). The van der Waals surface area contributed by atoms with Crippen LogP contribution in [0.3, 0.4) is 0 Å². The van der Waals surface area contributed by atoms with Crippen LogP contribution >= 0.6 is 11.6 Å². The summed E-state index contributed by atoms with van der Waals surface area (Å²) < 4.78 is 0. The molecular weight excluding hydrogens is 256 g/mol. The van der Waals surface area contributed by atoms with Crippen molar-refractivity contribution in [3.63, 3.8) is 0 Å². The molecule has 2 nitrogen and oxygen atoms in total. The van der Waals surface area contributed by atoms with Gasteiger partial charge < -0.3 is 5.32 Å². The Bertz CT molecular complexity index is 456. The molecule has 1 aliphatic rings. The minimum atomic E-state index is 0.610. The lowest BCUT2D eigenvalue weighted by atomic mass is 9.81. The molecule has 0 atom stereocenters. The lowest BCUT2D eigenvalue weighted by Crippen LogP contribution is -2.21. The number of nitrogens with zero attached hydrogens (tertiary/aromatic N) is 1. The van der Waals surface area contributed by atoms with Gasteiger partial charge in [0.15, 0.2) is 0 Å². The summed E-state index contributed by atoms with van der Waals surface area (Å²) in [4.78, 5) is 0. The predicted molar refractivity (Wildman–Crippen MR) is 80.4 cm³/mol. The van der Waals surface area contributed by atoms with Crippen LogP contribution in [0, 0.1) is 23.2 Å². The molecule has 1 fully saturated rings. The van der Waals surface area contributed by atoms with Gasteiger partial charge in [0.05, 0.1) is 22.3 Å². The number of nitriles is 1. The first-order chi connectivity index (χ1) is 9.22. The van der Waals surface area contributed by atoms with Crippen LogP contribution in [0.25, 0.3) is 0 Å². The van der Waals surface area contributed by atoms with Crippen molar-refractivity contribution in [2.24, 2.45) is 11.8 Å². The second kappa shape index (κ2) is 6.82. The van der Waals surface area contributed by atoms with Gasteiger partial charge in [0, 0.05) is 6.54 Å². The Morgan fingerprint density at radius 1 is 1.26 bits per heavy atom.